The number of aliphatic carboxylic acids is 1. The van der Waals surface area contributed by atoms with Gasteiger partial charge in [-0.25, -0.2) is 4.79 Å². The van der Waals surface area contributed by atoms with E-state index in [1.54, 1.807) is 12.1 Å². The summed E-state index contributed by atoms with van der Waals surface area (Å²) in [7, 11) is 1.49. The highest BCUT2D eigenvalue weighted by molar-refractivity contribution is 6.33. The van der Waals surface area contributed by atoms with Gasteiger partial charge >= 0.3 is 12.0 Å². The molecule has 0 heterocycles. The van der Waals surface area contributed by atoms with Crippen LogP contribution in [-0.4, -0.2) is 41.5 Å². The molecule has 0 aliphatic rings. The van der Waals surface area contributed by atoms with Gasteiger partial charge in [-0.2, -0.15) is 0 Å². The van der Waals surface area contributed by atoms with Crippen molar-refractivity contribution < 1.29 is 19.5 Å². The second-order valence-corrected chi connectivity index (χ2v) is 5.33. The number of halogens is 1. The minimum atomic E-state index is -0.981. The SMILES string of the molecule is CC(=O)Nc1ccc(Cl)c(NC(=O)N(C)CC(C)C(=O)O)c1. The first-order valence-corrected chi connectivity index (χ1v) is 6.90. The maximum atomic E-state index is 12.0. The molecule has 1 aromatic rings. The number of carboxylic acids is 1. The van der Waals surface area contributed by atoms with Crippen LogP contribution in [0.4, 0.5) is 16.2 Å². The molecular formula is C14H18ClN3O4. The second-order valence-electron chi connectivity index (χ2n) is 4.93. The molecule has 1 aromatic carbocycles. The Morgan fingerprint density at radius 1 is 1.32 bits per heavy atom. The zero-order valence-corrected chi connectivity index (χ0v) is 13.3. The van der Waals surface area contributed by atoms with Crippen LogP contribution in [0.2, 0.25) is 5.02 Å². The molecule has 3 N–H and O–H groups in total. The van der Waals surface area contributed by atoms with Crippen molar-refractivity contribution in [1.29, 1.82) is 0 Å². The van der Waals surface area contributed by atoms with Crippen molar-refractivity contribution in [1.82, 2.24) is 4.90 Å². The third-order valence-corrected chi connectivity index (χ3v) is 3.17. The van der Waals surface area contributed by atoms with Gasteiger partial charge in [-0.05, 0) is 18.2 Å². The predicted octanol–water partition coefficient (Wildman–Crippen LogP) is 2.48. The van der Waals surface area contributed by atoms with Crippen LogP contribution in [0.5, 0.6) is 0 Å². The highest BCUT2D eigenvalue weighted by atomic mass is 35.5. The largest absolute Gasteiger partial charge is 0.481 e. The van der Waals surface area contributed by atoms with Gasteiger partial charge in [0.15, 0.2) is 0 Å². The number of carbonyl (C=O) groups is 3. The molecule has 1 atom stereocenters. The molecule has 0 radical (unpaired) electrons. The van der Waals surface area contributed by atoms with Crippen molar-refractivity contribution in [3.05, 3.63) is 23.2 Å². The van der Waals surface area contributed by atoms with Gasteiger partial charge < -0.3 is 20.6 Å². The molecule has 0 aliphatic carbocycles. The Hall–Kier alpha value is -2.28. The van der Waals surface area contributed by atoms with Crippen LogP contribution in [-0.2, 0) is 9.59 Å². The molecule has 22 heavy (non-hydrogen) atoms. The average Bonchev–Trinajstić information content (AvgIpc) is 2.41. The van der Waals surface area contributed by atoms with Crippen LogP contribution in [0.25, 0.3) is 0 Å². The summed E-state index contributed by atoms with van der Waals surface area (Å²) in [6.45, 7) is 2.94. The van der Waals surface area contributed by atoms with E-state index in [0.29, 0.717) is 16.4 Å². The van der Waals surface area contributed by atoms with Gasteiger partial charge in [0.2, 0.25) is 5.91 Å². The highest BCUT2D eigenvalue weighted by Gasteiger charge is 2.18. The molecule has 8 heteroatoms. The van der Waals surface area contributed by atoms with Crippen molar-refractivity contribution in [3.63, 3.8) is 0 Å². The Balaban J connectivity index is 2.78. The van der Waals surface area contributed by atoms with Crippen molar-refractivity contribution in [2.75, 3.05) is 24.2 Å². The molecule has 3 amide bonds. The average molecular weight is 328 g/mol. The number of nitrogens with zero attached hydrogens (tertiary/aromatic N) is 1. The summed E-state index contributed by atoms with van der Waals surface area (Å²) in [6, 6.07) is 4.18. The predicted molar refractivity (Wildman–Crippen MR) is 84.2 cm³/mol. The van der Waals surface area contributed by atoms with Crippen LogP contribution in [0.3, 0.4) is 0 Å². The summed E-state index contributed by atoms with van der Waals surface area (Å²) in [5, 5.41) is 14.3. The van der Waals surface area contributed by atoms with E-state index >= 15 is 0 Å². The summed E-state index contributed by atoms with van der Waals surface area (Å²) in [4.78, 5) is 35.1. The van der Waals surface area contributed by atoms with E-state index < -0.39 is 17.9 Å². The standard InChI is InChI=1S/C14H18ClN3O4/c1-8(13(20)21)7-18(3)14(22)17-12-6-10(16-9(2)19)4-5-11(12)15/h4-6,8H,7H2,1-3H3,(H,16,19)(H,17,22)(H,20,21). The monoisotopic (exact) mass is 327 g/mol. The van der Waals surface area contributed by atoms with E-state index in [2.05, 4.69) is 10.6 Å². The van der Waals surface area contributed by atoms with Crippen molar-refractivity contribution in [3.8, 4) is 0 Å². The summed E-state index contributed by atoms with van der Waals surface area (Å²) in [5.41, 5.74) is 0.821. The molecular weight excluding hydrogens is 310 g/mol. The minimum Gasteiger partial charge on any atom is -0.481 e. The zero-order chi connectivity index (χ0) is 16.9. The topological polar surface area (TPSA) is 98.7 Å². The lowest BCUT2D eigenvalue weighted by atomic mass is 10.2. The lowest BCUT2D eigenvalue weighted by molar-refractivity contribution is -0.141. The number of benzene rings is 1. The normalized spacial score (nSPS) is 11.5. The fraction of sp³-hybridized carbons (Fsp3) is 0.357. The lowest BCUT2D eigenvalue weighted by Gasteiger charge is -2.20. The van der Waals surface area contributed by atoms with E-state index in [1.807, 2.05) is 0 Å². The number of rotatable bonds is 5. The fourth-order valence-electron chi connectivity index (χ4n) is 1.68. The van der Waals surface area contributed by atoms with Gasteiger partial charge in [0.1, 0.15) is 0 Å². The van der Waals surface area contributed by atoms with Gasteiger partial charge in [-0.3, -0.25) is 9.59 Å². The Labute approximate surface area is 133 Å². The number of anilines is 2. The smallest absolute Gasteiger partial charge is 0.321 e. The van der Waals surface area contributed by atoms with Crippen molar-refractivity contribution >= 4 is 40.9 Å². The number of carboxylic acid groups (broad SMARTS) is 1. The number of hydrogen-bond acceptors (Lipinski definition) is 3. The zero-order valence-electron chi connectivity index (χ0n) is 12.5. The van der Waals surface area contributed by atoms with Gasteiger partial charge in [0, 0.05) is 26.2 Å². The molecule has 0 saturated carbocycles. The molecule has 1 unspecified atom stereocenters. The first kappa shape index (κ1) is 17.8. The Morgan fingerprint density at radius 2 is 1.95 bits per heavy atom. The van der Waals surface area contributed by atoms with Gasteiger partial charge in [0.05, 0.1) is 16.6 Å². The molecule has 0 aromatic heterocycles. The Morgan fingerprint density at radius 3 is 2.50 bits per heavy atom. The summed E-state index contributed by atoms with van der Waals surface area (Å²) < 4.78 is 0. The van der Waals surface area contributed by atoms with Gasteiger partial charge in [0.25, 0.3) is 0 Å². The number of amides is 3. The third-order valence-electron chi connectivity index (χ3n) is 2.84. The molecule has 120 valence electrons. The molecule has 0 bridgehead atoms. The lowest BCUT2D eigenvalue weighted by Crippen LogP contribution is -2.36. The second kappa shape index (κ2) is 7.65. The van der Waals surface area contributed by atoms with E-state index in [1.165, 1.54) is 31.9 Å². The summed E-state index contributed by atoms with van der Waals surface area (Å²) >= 11 is 6.00. The van der Waals surface area contributed by atoms with Crippen molar-refractivity contribution in [2.24, 2.45) is 5.92 Å². The quantitative estimate of drug-likeness (QED) is 0.773. The number of hydrogen-bond donors (Lipinski definition) is 3. The van der Waals surface area contributed by atoms with Crippen LogP contribution in [0, 0.1) is 5.92 Å². The van der Waals surface area contributed by atoms with Crippen LogP contribution < -0.4 is 10.6 Å². The first-order valence-electron chi connectivity index (χ1n) is 6.52. The first-order chi connectivity index (χ1) is 10.2. The number of nitrogens with one attached hydrogen (secondary N) is 2. The van der Waals surface area contributed by atoms with Gasteiger partial charge in [-0.1, -0.05) is 18.5 Å². The summed E-state index contributed by atoms with van der Waals surface area (Å²) in [5.74, 6) is -1.91. The number of urea groups is 1. The molecule has 7 nitrogen and oxygen atoms in total. The maximum absolute atomic E-state index is 12.0. The van der Waals surface area contributed by atoms with E-state index in [0.717, 1.165) is 0 Å². The molecule has 0 saturated heterocycles. The Kier molecular flexibility index (Phi) is 6.18. The van der Waals surface area contributed by atoms with E-state index in [4.69, 9.17) is 16.7 Å². The molecule has 0 spiro atoms. The molecule has 1 rings (SSSR count). The third kappa shape index (κ3) is 5.25. The van der Waals surface area contributed by atoms with Gasteiger partial charge in [-0.15, -0.1) is 0 Å². The van der Waals surface area contributed by atoms with E-state index in [9.17, 15) is 14.4 Å². The minimum absolute atomic E-state index is 0.0597. The highest BCUT2D eigenvalue weighted by Crippen LogP contribution is 2.25. The molecule has 0 aliphatic heterocycles. The Bertz CT molecular complexity index is 591. The van der Waals surface area contributed by atoms with Crippen molar-refractivity contribution in [2.45, 2.75) is 13.8 Å². The van der Waals surface area contributed by atoms with Crippen LogP contribution in [0.15, 0.2) is 18.2 Å². The summed E-state index contributed by atoms with van der Waals surface area (Å²) in [6.07, 6.45) is 0. The fourth-order valence-corrected chi connectivity index (χ4v) is 1.85. The molecule has 0 fully saturated rings. The van der Waals surface area contributed by atoms with Crippen LogP contribution in [0.1, 0.15) is 13.8 Å². The van der Waals surface area contributed by atoms with Crippen LogP contribution >= 0.6 is 11.6 Å². The number of carbonyl (C=O) groups excluding carboxylic acids is 2. The maximum Gasteiger partial charge on any atom is 0.321 e. The van der Waals surface area contributed by atoms with E-state index in [-0.39, 0.29) is 12.5 Å².